The van der Waals surface area contributed by atoms with Crippen molar-refractivity contribution in [1.82, 2.24) is 4.72 Å². The van der Waals surface area contributed by atoms with E-state index in [9.17, 15) is 26.4 Å². The van der Waals surface area contributed by atoms with Gasteiger partial charge in [0.15, 0.2) is 0 Å². The van der Waals surface area contributed by atoms with Crippen LogP contribution in [0.15, 0.2) is 72.8 Å². The standard InChI is InChI=1S/C25H23F3N2O4S/c1-35(32,33)29-16-17-5-7-18(8-6-17)19-3-2-4-21(15-19)30-23(31)24(13-14-24)20-9-11-22(12-10-20)34-25(26,27)28/h2-12,15,29H,13-14,16H2,1H3,(H,30,31). The zero-order chi connectivity index (χ0) is 25.3. The minimum atomic E-state index is -4.77. The molecule has 184 valence electrons. The number of carbonyl (C=O) groups is 1. The molecule has 35 heavy (non-hydrogen) atoms. The minimum Gasteiger partial charge on any atom is -0.406 e. The largest absolute Gasteiger partial charge is 0.573 e. The Hall–Kier alpha value is -3.37. The van der Waals surface area contributed by atoms with Gasteiger partial charge in [-0.25, -0.2) is 13.1 Å². The number of alkyl halides is 3. The van der Waals surface area contributed by atoms with Crippen molar-refractivity contribution >= 4 is 21.6 Å². The Labute approximate surface area is 201 Å². The van der Waals surface area contributed by atoms with Gasteiger partial charge < -0.3 is 10.1 Å². The van der Waals surface area contributed by atoms with E-state index in [0.717, 1.165) is 22.9 Å². The average Bonchev–Trinajstić information content (AvgIpc) is 3.59. The first kappa shape index (κ1) is 24.7. The van der Waals surface area contributed by atoms with Crippen LogP contribution in [0.1, 0.15) is 24.0 Å². The van der Waals surface area contributed by atoms with Crippen LogP contribution in [0.4, 0.5) is 18.9 Å². The van der Waals surface area contributed by atoms with Gasteiger partial charge in [0, 0.05) is 12.2 Å². The molecule has 1 amide bonds. The van der Waals surface area contributed by atoms with Gasteiger partial charge in [0.1, 0.15) is 5.75 Å². The van der Waals surface area contributed by atoms with Gasteiger partial charge in [0.25, 0.3) is 0 Å². The molecule has 2 N–H and O–H groups in total. The maximum absolute atomic E-state index is 13.1. The van der Waals surface area contributed by atoms with Crippen molar-refractivity contribution in [2.45, 2.75) is 31.2 Å². The van der Waals surface area contributed by atoms with Crippen LogP contribution in [-0.2, 0) is 26.8 Å². The molecular formula is C25H23F3N2O4S. The van der Waals surface area contributed by atoms with Gasteiger partial charge in [-0.3, -0.25) is 4.79 Å². The lowest BCUT2D eigenvalue weighted by Gasteiger charge is -2.17. The third kappa shape index (κ3) is 6.40. The number of carbonyl (C=O) groups excluding carboxylic acids is 1. The molecule has 0 unspecified atom stereocenters. The number of ether oxygens (including phenoxy) is 1. The van der Waals surface area contributed by atoms with Crippen molar-refractivity contribution in [3.63, 3.8) is 0 Å². The third-order valence-corrected chi connectivity index (χ3v) is 6.44. The number of halogens is 3. The normalized spacial score (nSPS) is 14.9. The second kappa shape index (κ2) is 9.35. The monoisotopic (exact) mass is 504 g/mol. The molecule has 0 heterocycles. The molecule has 0 aromatic heterocycles. The fraction of sp³-hybridized carbons (Fsp3) is 0.240. The van der Waals surface area contributed by atoms with E-state index in [1.165, 1.54) is 24.3 Å². The van der Waals surface area contributed by atoms with Crippen molar-refractivity contribution in [3.8, 4) is 16.9 Å². The summed E-state index contributed by atoms with van der Waals surface area (Å²) in [6.45, 7) is 0.195. The molecule has 1 aliphatic carbocycles. The van der Waals surface area contributed by atoms with Gasteiger partial charge in [-0.15, -0.1) is 13.2 Å². The minimum absolute atomic E-state index is 0.195. The zero-order valence-electron chi connectivity index (χ0n) is 18.7. The SMILES string of the molecule is CS(=O)(=O)NCc1ccc(-c2cccc(NC(=O)C3(c4ccc(OC(F)(F)F)cc4)CC3)c2)cc1. The fourth-order valence-corrected chi connectivity index (χ4v) is 4.23. The van der Waals surface area contributed by atoms with Gasteiger partial charge in [0.05, 0.1) is 11.7 Å². The maximum Gasteiger partial charge on any atom is 0.573 e. The number of amides is 1. The highest BCUT2D eigenvalue weighted by atomic mass is 32.2. The van der Waals surface area contributed by atoms with Gasteiger partial charge in [-0.1, -0.05) is 48.5 Å². The number of rotatable bonds is 8. The molecule has 1 saturated carbocycles. The highest BCUT2D eigenvalue weighted by molar-refractivity contribution is 7.88. The van der Waals surface area contributed by atoms with Crippen LogP contribution in [-0.4, -0.2) is 26.9 Å². The summed E-state index contributed by atoms with van der Waals surface area (Å²) in [4.78, 5) is 13.1. The molecule has 3 aromatic rings. The number of benzene rings is 3. The lowest BCUT2D eigenvalue weighted by Crippen LogP contribution is -2.27. The van der Waals surface area contributed by atoms with Crippen molar-refractivity contribution in [2.75, 3.05) is 11.6 Å². The Morgan fingerprint density at radius 2 is 1.63 bits per heavy atom. The van der Waals surface area contributed by atoms with Crippen molar-refractivity contribution in [1.29, 1.82) is 0 Å². The van der Waals surface area contributed by atoms with E-state index in [0.29, 0.717) is 24.1 Å². The van der Waals surface area contributed by atoms with Crippen LogP contribution in [0.3, 0.4) is 0 Å². The highest BCUT2D eigenvalue weighted by Crippen LogP contribution is 2.49. The summed E-state index contributed by atoms with van der Waals surface area (Å²) in [6, 6.07) is 20.1. The van der Waals surface area contributed by atoms with E-state index < -0.39 is 21.8 Å². The molecule has 3 aromatic carbocycles. The Kier molecular flexibility index (Phi) is 6.61. The topological polar surface area (TPSA) is 84.5 Å². The highest BCUT2D eigenvalue weighted by Gasteiger charge is 2.51. The molecule has 4 rings (SSSR count). The number of sulfonamides is 1. The van der Waals surface area contributed by atoms with Crippen LogP contribution in [0.2, 0.25) is 0 Å². The van der Waals surface area contributed by atoms with E-state index in [-0.39, 0.29) is 18.2 Å². The van der Waals surface area contributed by atoms with E-state index in [4.69, 9.17) is 0 Å². The quantitative estimate of drug-likeness (QED) is 0.454. The van der Waals surface area contributed by atoms with Crippen LogP contribution < -0.4 is 14.8 Å². The molecule has 0 spiro atoms. The lowest BCUT2D eigenvalue weighted by atomic mass is 9.94. The Balaban J connectivity index is 1.44. The van der Waals surface area contributed by atoms with Crippen molar-refractivity contribution in [2.24, 2.45) is 0 Å². The predicted octanol–water partition coefficient (Wildman–Crippen LogP) is 4.97. The van der Waals surface area contributed by atoms with Crippen molar-refractivity contribution in [3.05, 3.63) is 83.9 Å². The molecule has 0 radical (unpaired) electrons. The van der Waals surface area contributed by atoms with E-state index in [1.54, 1.807) is 6.07 Å². The molecule has 1 fully saturated rings. The van der Waals surface area contributed by atoms with Crippen molar-refractivity contribution < 1.29 is 31.1 Å². The molecule has 0 saturated heterocycles. The number of nitrogens with one attached hydrogen (secondary N) is 2. The van der Waals surface area contributed by atoms with Gasteiger partial charge in [0.2, 0.25) is 15.9 Å². The summed E-state index contributed by atoms with van der Waals surface area (Å²) in [6.07, 6.45) is -2.47. The van der Waals surface area contributed by atoms with Gasteiger partial charge >= 0.3 is 6.36 Å². The summed E-state index contributed by atoms with van der Waals surface area (Å²) < 4.78 is 66.1. The molecule has 0 atom stereocenters. The smallest absolute Gasteiger partial charge is 0.406 e. The lowest BCUT2D eigenvalue weighted by molar-refractivity contribution is -0.274. The molecule has 0 bridgehead atoms. The Bertz CT molecular complexity index is 1320. The van der Waals surface area contributed by atoms with Gasteiger partial charge in [-0.2, -0.15) is 0 Å². The molecule has 6 nitrogen and oxygen atoms in total. The Morgan fingerprint density at radius 3 is 2.20 bits per heavy atom. The van der Waals surface area contributed by atoms with Crippen LogP contribution in [0.25, 0.3) is 11.1 Å². The van der Waals surface area contributed by atoms with Gasteiger partial charge in [-0.05, 0) is 59.4 Å². The van der Waals surface area contributed by atoms with Crippen LogP contribution >= 0.6 is 0 Å². The first-order valence-corrected chi connectivity index (χ1v) is 12.6. The van der Waals surface area contributed by atoms with Crippen LogP contribution in [0, 0.1) is 0 Å². The molecule has 10 heteroatoms. The third-order valence-electron chi connectivity index (χ3n) is 5.77. The maximum atomic E-state index is 13.1. The summed E-state index contributed by atoms with van der Waals surface area (Å²) in [5.74, 6) is -0.551. The second-order valence-electron chi connectivity index (χ2n) is 8.48. The van der Waals surface area contributed by atoms with E-state index in [1.807, 2.05) is 42.5 Å². The molecule has 0 aliphatic heterocycles. The average molecular weight is 505 g/mol. The molecule has 1 aliphatic rings. The fourth-order valence-electron chi connectivity index (χ4n) is 3.80. The van der Waals surface area contributed by atoms with E-state index >= 15 is 0 Å². The zero-order valence-corrected chi connectivity index (χ0v) is 19.5. The molecular weight excluding hydrogens is 481 g/mol. The number of hydrogen-bond acceptors (Lipinski definition) is 4. The summed E-state index contributed by atoms with van der Waals surface area (Å²) in [7, 11) is -3.28. The van der Waals surface area contributed by atoms with E-state index in [2.05, 4.69) is 14.8 Å². The number of anilines is 1. The second-order valence-corrected chi connectivity index (χ2v) is 10.3. The summed E-state index contributed by atoms with van der Waals surface area (Å²) in [5, 5.41) is 2.93. The Morgan fingerprint density at radius 1 is 0.971 bits per heavy atom. The van der Waals surface area contributed by atoms with Crippen LogP contribution in [0.5, 0.6) is 5.75 Å². The predicted molar refractivity (Wildman–Crippen MR) is 126 cm³/mol. The first-order chi connectivity index (χ1) is 16.4. The summed E-state index contributed by atoms with van der Waals surface area (Å²) >= 11 is 0. The first-order valence-electron chi connectivity index (χ1n) is 10.8. The number of hydrogen-bond donors (Lipinski definition) is 2. The summed E-state index contributed by atoms with van der Waals surface area (Å²) in [5.41, 5.74) is 3.03.